The average Bonchev–Trinajstić information content (AvgIpc) is 2.89. The third kappa shape index (κ3) is 2.88. The van der Waals surface area contributed by atoms with E-state index in [0.29, 0.717) is 11.4 Å². The number of anilines is 2. The van der Waals surface area contributed by atoms with Crippen molar-refractivity contribution in [1.29, 1.82) is 0 Å². The topological polar surface area (TPSA) is 69.8 Å². The maximum atomic E-state index is 12.1. The summed E-state index contributed by atoms with van der Waals surface area (Å²) in [4.78, 5) is 12.1. The molecule has 0 radical (unpaired) electrons. The van der Waals surface area contributed by atoms with E-state index in [1.54, 1.807) is 18.3 Å². The molecule has 1 amide bonds. The molecular formula is C13H16N4O. The van der Waals surface area contributed by atoms with Crippen LogP contribution in [0.3, 0.4) is 0 Å². The molecule has 5 heteroatoms. The molecule has 1 aromatic carbocycles. The van der Waals surface area contributed by atoms with Crippen LogP contribution >= 0.6 is 0 Å². The minimum Gasteiger partial charge on any atom is -0.384 e. The Labute approximate surface area is 106 Å². The monoisotopic (exact) mass is 244 g/mol. The Morgan fingerprint density at radius 2 is 2.17 bits per heavy atom. The molecule has 0 saturated carbocycles. The number of amides is 1. The van der Waals surface area contributed by atoms with Crippen LogP contribution in [-0.4, -0.2) is 22.6 Å². The lowest BCUT2D eigenvalue weighted by Crippen LogP contribution is -2.15. The zero-order valence-corrected chi connectivity index (χ0v) is 10.2. The van der Waals surface area contributed by atoms with E-state index in [1.165, 1.54) is 0 Å². The Bertz CT molecular complexity index is 507. The van der Waals surface area contributed by atoms with Crippen molar-refractivity contribution in [3.05, 3.63) is 42.1 Å². The number of carbonyl (C=O) groups is 1. The zero-order valence-electron chi connectivity index (χ0n) is 10.2. The first-order valence-electron chi connectivity index (χ1n) is 5.95. The van der Waals surface area contributed by atoms with E-state index in [2.05, 4.69) is 27.8 Å². The van der Waals surface area contributed by atoms with Gasteiger partial charge >= 0.3 is 0 Å². The first-order chi connectivity index (χ1) is 8.81. The molecule has 1 aromatic heterocycles. The molecule has 3 N–H and O–H groups in total. The highest BCUT2D eigenvalue weighted by atomic mass is 16.1. The van der Waals surface area contributed by atoms with Gasteiger partial charge in [0.25, 0.3) is 5.91 Å². The molecule has 0 aliphatic rings. The number of rotatable bonds is 5. The standard InChI is InChI=1S/C13H16N4O/c1-2-8-14-11-6-4-3-5-10(11)13(18)16-12-7-9-15-17-12/h3-7,9,14H,2,8H2,1H3,(H2,15,16,17,18). The number of nitrogens with zero attached hydrogens (tertiary/aromatic N) is 1. The first kappa shape index (κ1) is 12.2. The van der Waals surface area contributed by atoms with Gasteiger partial charge in [-0.25, -0.2) is 0 Å². The highest BCUT2D eigenvalue weighted by molar-refractivity contribution is 6.07. The fraction of sp³-hybridized carbons (Fsp3) is 0.231. The molecule has 0 fully saturated rings. The van der Waals surface area contributed by atoms with Crippen LogP contribution in [0.25, 0.3) is 0 Å². The van der Waals surface area contributed by atoms with E-state index in [1.807, 2.05) is 18.2 Å². The van der Waals surface area contributed by atoms with Gasteiger partial charge in [-0.2, -0.15) is 5.10 Å². The van der Waals surface area contributed by atoms with Gasteiger partial charge in [0, 0.05) is 18.3 Å². The fourth-order valence-electron chi connectivity index (χ4n) is 1.61. The summed E-state index contributed by atoms with van der Waals surface area (Å²) in [7, 11) is 0. The minimum atomic E-state index is -0.154. The van der Waals surface area contributed by atoms with E-state index < -0.39 is 0 Å². The van der Waals surface area contributed by atoms with Crippen LogP contribution in [0.15, 0.2) is 36.5 Å². The molecule has 2 rings (SSSR count). The van der Waals surface area contributed by atoms with Crippen LogP contribution in [-0.2, 0) is 0 Å². The second-order valence-electron chi connectivity index (χ2n) is 3.90. The van der Waals surface area contributed by atoms with Gasteiger partial charge in [0.2, 0.25) is 0 Å². The molecular weight excluding hydrogens is 228 g/mol. The van der Waals surface area contributed by atoms with E-state index in [9.17, 15) is 4.79 Å². The summed E-state index contributed by atoms with van der Waals surface area (Å²) in [5.41, 5.74) is 1.47. The predicted octanol–water partition coefficient (Wildman–Crippen LogP) is 2.48. The third-order valence-electron chi connectivity index (χ3n) is 2.49. The molecule has 5 nitrogen and oxygen atoms in total. The normalized spacial score (nSPS) is 10.1. The number of carbonyl (C=O) groups excluding carboxylic acids is 1. The van der Waals surface area contributed by atoms with Crippen molar-refractivity contribution in [2.45, 2.75) is 13.3 Å². The predicted molar refractivity (Wildman–Crippen MR) is 71.8 cm³/mol. The van der Waals surface area contributed by atoms with Crippen molar-refractivity contribution in [2.75, 3.05) is 17.2 Å². The van der Waals surface area contributed by atoms with Crippen LogP contribution in [0.5, 0.6) is 0 Å². The summed E-state index contributed by atoms with van der Waals surface area (Å²) < 4.78 is 0. The highest BCUT2D eigenvalue weighted by Crippen LogP contribution is 2.16. The number of aromatic amines is 1. The number of aromatic nitrogens is 2. The van der Waals surface area contributed by atoms with Crippen LogP contribution in [0.2, 0.25) is 0 Å². The van der Waals surface area contributed by atoms with Gasteiger partial charge < -0.3 is 10.6 Å². The second kappa shape index (κ2) is 5.86. The molecule has 94 valence electrons. The number of benzene rings is 1. The summed E-state index contributed by atoms with van der Waals surface area (Å²) >= 11 is 0. The van der Waals surface area contributed by atoms with E-state index in [-0.39, 0.29) is 5.91 Å². The number of nitrogens with one attached hydrogen (secondary N) is 3. The van der Waals surface area contributed by atoms with E-state index in [0.717, 1.165) is 18.7 Å². The van der Waals surface area contributed by atoms with E-state index in [4.69, 9.17) is 0 Å². The van der Waals surface area contributed by atoms with Crippen molar-refractivity contribution in [3.8, 4) is 0 Å². The van der Waals surface area contributed by atoms with Crippen LogP contribution in [0.1, 0.15) is 23.7 Å². The largest absolute Gasteiger partial charge is 0.384 e. The minimum absolute atomic E-state index is 0.154. The highest BCUT2D eigenvalue weighted by Gasteiger charge is 2.10. The number of hydrogen-bond acceptors (Lipinski definition) is 3. The zero-order chi connectivity index (χ0) is 12.8. The first-order valence-corrected chi connectivity index (χ1v) is 5.95. The Morgan fingerprint density at radius 3 is 2.89 bits per heavy atom. The van der Waals surface area contributed by atoms with Gasteiger partial charge in [-0.15, -0.1) is 0 Å². The van der Waals surface area contributed by atoms with Gasteiger partial charge in [-0.3, -0.25) is 9.89 Å². The van der Waals surface area contributed by atoms with Crippen LogP contribution in [0.4, 0.5) is 11.5 Å². The van der Waals surface area contributed by atoms with Crippen molar-refractivity contribution < 1.29 is 4.79 Å². The molecule has 0 spiro atoms. The van der Waals surface area contributed by atoms with Gasteiger partial charge in [0.1, 0.15) is 5.82 Å². The van der Waals surface area contributed by atoms with Gasteiger partial charge in [-0.05, 0) is 18.6 Å². The maximum absolute atomic E-state index is 12.1. The Kier molecular flexibility index (Phi) is 3.96. The summed E-state index contributed by atoms with van der Waals surface area (Å²) in [6.07, 6.45) is 2.60. The number of H-pyrrole nitrogens is 1. The van der Waals surface area contributed by atoms with Crippen molar-refractivity contribution >= 4 is 17.4 Å². The van der Waals surface area contributed by atoms with Gasteiger partial charge in [0.15, 0.2) is 0 Å². The molecule has 0 bridgehead atoms. The quantitative estimate of drug-likeness (QED) is 0.756. The molecule has 18 heavy (non-hydrogen) atoms. The Morgan fingerprint density at radius 1 is 1.33 bits per heavy atom. The Balaban J connectivity index is 2.13. The van der Waals surface area contributed by atoms with Crippen molar-refractivity contribution in [3.63, 3.8) is 0 Å². The smallest absolute Gasteiger partial charge is 0.258 e. The van der Waals surface area contributed by atoms with Crippen LogP contribution < -0.4 is 10.6 Å². The fourth-order valence-corrected chi connectivity index (χ4v) is 1.61. The summed E-state index contributed by atoms with van der Waals surface area (Å²) in [6.45, 7) is 2.93. The average molecular weight is 244 g/mol. The van der Waals surface area contributed by atoms with Gasteiger partial charge in [-0.1, -0.05) is 19.1 Å². The SMILES string of the molecule is CCCNc1ccccc1C(=O)Nc1ccn[nH]1. The lowest BCUT2D eigenvalue weighted by Gasteiger charge is -2.10. The molecule has 0 unspecified atom stereocenters. The summed E-state index contributed by atoms with van der Waals surface area (Å²) in [5, 5.41) is 12.5. The lowest BCUT2D eigenvalue weighted by molar-refractivity contribution is 0.102. The van der Waals surface area contributed by atoms with Crippen molar-refractivity contribution in [1.82, 2.24) is 10.2 Å². The summed E-state index contributed by atoms with van der Waals surface area (Å²) in [5.74, 6) is 0.434. The lowest BCUT2D eigenvalue weighted by atomic mass is 10.1. The summed E-state index contributed by atoms with van der Waals surface area (Å²) in [6, 6.07) is 9.16. The maximum Gasteiger partial charge on any atom is 0.258 e. The van der Waals surface area contributed by atoms with Crippen molar-refractivity contribution in [2.24, 2.45) is 0 Å². The molecule has 0 aliphatic heterocycles. The number of para-hydroxylation sites is 1. The van der Waals surface area contributed by atoms with E-state index >= 15 is 0 Å². The molecule has 2 aromatic rings. The Hall–Kier alpha value is -2.30. The second-order valence-corrected chi connectivity index (χ2v) is 3.90. The molecule has 0 aliphatic carbocycles. The molecule has 1 heterocycles. The van der Waals surface area contributed by atoms with Gasteiger partial charge in [0.05, 0.1) is 11.8 Å². The third-order valence-corrected chi connectivity index (χ3v) is 2.49. The molecule has 0 saturated heterocycles. The number of hydrogen-bond donors (Lipinski definition) is 3. The van der Waals surface area contributed by atoms with Crippen LogP contribution in [0, 0.1) is 0 Å². The molecule has 0 atom stereocenters.